The van der Waals surface area contributed by atoms with Crippen LogP contribution in [0, 0.1) is 0 Å². The molecule has 2 aliphatic rings. The van der Waals surface area contributed by atoms with E-state index in [2.05, 4.69) is 17.1 Å². The van der Waals surface area contributed by atoms with Gasteiger partial charge in [0.15, 0.2) is 0 Å². The van der Waals surface area contributed by atoms with Crippen molar-refractivity contribution >= 4 is 5.91 Å². The fourth-order valence-corrected chi connectivity index (χ4v) is 2.98. The predicted molar refractivity (Wildman–Crippen MR) is 62.1 cm³/mol. The predicted octanol–water partition coefficient (Wildman–Crippen LogP) is 0.500. The lowest BCUT2D eigenvalue weighted by molar-refractivity contribution is -0.131. The fraction of sp³-hybridized carbons (Fsp3) is 0.917. The summed E-state index contributed by atoms with van der Waals surface area (Å²) in [5.41, 5.74) is 0. The standard InChI is InChI=1S/C12H22N2O2/c1-2-11-12(16)13-7-8-14(11)9-3-5-10(15)6-4-9/h9-11,15H,2-8H2,1H3,(H,13,16). The molecule has 16 heavy (non-hydrogen) atoms. The van der Waals surface area contributed by atoms with Gasteiger partial charge in [0.2, 0.25) is 5.91 Å². The molecule has 1 saturated carbocycles. The zero-order chi connectivity index (χ0) is 11.5. The third-order valence-corrected chi connectivity index (χ3v) is 3.89. The third-order valence-electron chi connectivity index (χ3n) is 3.89. The zero-order valence-electron chi connectivity index (χ0n) is 9.98. The fourth-order valence-electron chi connectivity index (χ4n) is 2.98. The van der Waals surface area contributed by atoms with Crippen molar-refractivity contribution in [2.75, 3.05) is 13.1 Å². The number of aliphatic hydroxyl groups is 1. The van der Waals surface area contributed by atoms with E-state index in [-0.39, 0.29) is 18.1 Å². The second-order valence-electron chi connectivity index (χ2n) is 4.92. The van der Waals surface area contributed by atoms with Crippen molar-refractivity contribution in [3.05, 3.63) is 0 Å². The van der Waals surface area contributed by atoms with Gasteiger partial charge in [0.05, 0.1) is 12.1 Å². The van der Waals surface area contributed by atoms with Crippen LogP contribution in [0.1, 0.15) is 39.0 Å². The number of piperazine rings is 1. The van der Waals surface area contributed by atoms with Gasteiger partial charge >= 0.3 is 0 Å². The molecule has 0 aromatic carbocycles. The minimum Gasteiger partial charge on any atom is -0.393 e. The van der Waals surface area contributed by atoms with Gasteiger partial charge in [-0.25, -0.2) is 0 Å². The highest BCUT2D eigenvalue weighted by Gasteiger charge is 2.34. The van der Waals surface area contributed by atoms with Crippen LogP contribution >= 0.6 is 0 Å². The molecule has 1 heterocycles. The molecule has 0 aromatic heterocycles. The summed E-state index contributed by atoms with van der Waals surface area (Å²) in [7, 11) is 0. The number of aliphatic hydroxyl groups excluding tert-OH is 1. The van der Waals surface area contributed by atoms with E-state index < -0.39 is 0 Å². The van der Waals surface area contributed by atoms with Crippen LogP contribution in [-0.2, 0) is 4.79 Å². The van der Waals surface area contributed by atoms with Gasteiger partial charge in [-0.05, 0) is 32.1 Å². The first-order chi connectivity index (χ1) is 7.72. The molecule has 4 nitrogen and oxygen atoms in total. The molecule has 1 amide bonds. The summed E-state index contributed by atoms with van der Waals surface area (Å²) in [4.78, 5) is 14.1. The molecular formula is C12H22N2O2. The maximum atomic E-state index is 11.7. The molecule has 1 aliphatic carbocycles. The third kappa shape index (κ3) is 2.38. The van der Waals surface area contributed by atoms with E-state index in [1.54, 1.807) is 0 Å². The first-order valence-corrected chi connectivity index (χ1v) is 6.44. The molecule has 2 N–H and O–H groups in total. The minimum absolute atomic E-state index is 0.0500. The second kappa shape index (κ2) is 5.15. The van der Waals surface area contributed by atoms with Crippen LogP contribution in [0.2, 0.25) is 0 Å². The Labute approximate surface area is 97.0 Å². The first kappa shape index (κ1) is 11.9. The van der Waals surface area contributed by atoms with Crippen molar-refractivity contribution in [3.63, 3.8) is 0 Å². The van der Waals surface area contributed by atoms with E-state index in [1.165, 1.54) is 0 Å². The quantitative estimate of drug-likeness (QED) is 0.721. The highest BCUT2D eigenvalue weighted by atomic mass is 16.3. The Kier molecular flexibility index (Phi) is 3.82. The topological polar surface area (TPSA) is 52.6 Å². The van der Waals surface area contributed by atoms with Crippen LogP contribution in [0.15, 0.2) is 0 Å². The van der Waals surface area contributed by atoms with Gasteiger partial charge in [-0.3, -0.25) is 9.69 Å². The summed E-state index contributed by atoms with van der Waals surface area (Å²) in [6, 6.07) is 0.549. The van der Waals surface area contributed by atoms with E-state index >= 15 is 0 Å². The lowest BCUT2D eigenvalue weighted by Gasteiger charge is -2.42. The van der Waals surface area contributed by atoms with E-state index in [1.807, 2.05) is 0 Å². The maximum absolute atomic E-state index is 11.7. The number of hydrogen-bond acceptors (Lipinski definition) is 3. The number of hydrogen-bond donors (Lipinski definition) is 2. The van der Waals surface area contributed by atoms with Gasteiger partial charge in [0.25, 0.3) is 0 Å². The van der Waals surface area contributed by atoms with Gasteiger partial charge in [0, 0.05) is 19.1 Å². The van der Waals surface area contributed by atoms with Gasteiger partial charge in [-0.1, -0.05) is 6.92 Å². The van der Waals surface area contributed by atoms with Crippen LogP contribution in [0.3, 0.4) is 0 Å². The summed E-state index contributed by atoms with van der Waals surface area (Å²) in [6.45, 7) is 3.81. The molecule has 1 atom stereocenters. The molecule has 1 unspecified atom stereocenters. The van der Waals surface area contributed by atoms with Crippen molar-refractivity contribution < 1.29 is 9.90 Å². The van der Waals surface area contributed by atoms with Crippen LogP contribution < -0.4 is 5.32 Å². The van der Waals surface area contributed by atoms with Gasteiger partial charge in [-0.15, -0.1) is 0 Å². The van der Waals surface area contributed by atoms with Crippen molar-refractivity contribution in [1.82, 2.24) is 10.2 Å². The van der Waals surface area contributed by atoms with Crippen molar-refractivity contribution in [2.45, 2.75) is 57.2 Å². The minimum atomic E-state index is -0.116. The summed E-state index contributed by atoms with van der Waals surface area (Å²) in [5.74, 6) is 0.180. The highest BCUT2D eigenvalue weighted by Crippen LogP contribution is 2.26. The van der Waals surface area contributed by atoms with Crippen molar-refractivity contribution in [1.29, 1.82) is 0 Å². The average molecular weight is 226 g/mol. The largest absolute Gasteiger partial charge is 0.393 e. The Morgan fingerprint density at radius 3 is 2.69 bits per heavy atom. The summed E-state index contributed by atoms with van der Waals surface area (Å²) < 4.78 is 0. The van der Waals surface area contributed by atoms with Crippen molar-refractivity contribution in [2.24, 2.45) is 0 Å². The number of carbonyl (C=O) groups is 1. The normalized spacial score (nSPS) is 37.1. The van der Waals surface area contributed by atoms with Crippen LogP contribution in [0.4, 0.5) is 0 Å². The Bertz CT molecular complexity index is 249. The molecule has 0 aromatic rings. The van der Waals surface area contributed by atoms with Crippen LogP contribution in [-0.4, -0.2) is 47.2 Å². The van der Waals surface area contributed by atoms with E-state index in [0.29, 0.717) is 6.04 Å². The number of nitrogens with zero attached hydrogens (tertiary/aromatic N) is 1. The lowest BCUT2D eigenvalue weighted by Crippen LogP contribution is -2.58. The second-order valence-corrected chi connectivity index (χ2v) is 4.92. The lowest BCUT2D eigenvalue weighted by atomic mass is 9.90. The molecule has 2 fully saturated rings. The van der Waals surface area contributed by atoms with Gasteiger partial charge < -0.3 is 10.4 Å². The van der Waals surface area contributed by atoms with Crippen LogP contribution in [0.25, 0.3) is 0 Å². The molecule has 0 spiro atoms. The summed E-state index contributed by atoms with van der Waals surface area (Å²) >= 11 is 0. The zero-order valence-corrected chi connectivity index (χ0v) is 9.98. The van der Waals surface area contributed by atoms with Gasteiger partial charge in [0.1, 0.15) is 0 Å². The molecular weight excluding hydrogens is 204 g/mol. The van der Waals surface area contributed by atoms with Crippen LogP contribution in [0.5, 0.6) is 0 Å². The summed E-state index contributed by atoms with van der Waals surface area (Å²) in [5, 5.41) is 12.4. The van der Waals surface area contributed by atoms with Crippen molar-refractivity contribution in [3.8, 4) is 0 Å². The van der Waals surface area contributed by atoms with E-state index in [0.717, 1.165) is 45.2 Å². The first-order valence-electron chi connectivity index (χ1n) is 6.44. The number of rotatable bonds is 2. The average Bonchev–Trinajstić information content (AvgIpc) is 2.30. The molecule has 0 radical (unpaired) electrons. The monoisotopic (exact) mass is 226 g/mol. The molecule has 4 heteroatoms. The smallest absolute Gasteiger partial charge is 0.237 e. The SMILES string of the molecule is CCC1C(=O)NCCN1C1CCC(O)CC1. The van der Waals surface area contributed by atoms with E-state index in [9.17, 15) is 9.90 Å². The molecule has 0 bridgehead atoms. The van der Waals surface area contributed by atoms with Gasteiger partial charge in [-0.2, -0.15) is 0 Å². The Balaban J connectivity index is 1.98. The Hall–Kier alpha value is -0.610. The number of amides is 1. The maximum Gasteiger partial charge on any atom is 0.237 e. The van der Waals surface area contributed by atoms with E-state index in [4.69, 9.17) is 0 Å². The molecule has 92 valence electrons. The number of carbonyl (C=O) groups excluding carboxylic acids is 1. The molecule has 1 aliphatic heterocycles. The Morgan fingerprint density at radius 1 is 1.38 bits per heavy atom. The molecule has 2 rings (SSSR count). The Morgan fingerprint density at radius 2 is 2.06 bits per heavy atom. The highest BCUT2D eigenvalue weighted by molar-refractivity contribution is 5.82. The molecule has 1 saturated heterocycles. The number of nitrogens with one attached hydrogen (secondary N) is 1. The summed E-state index contributed by atoms with van der Waals surface area (Å²) in [6.07, 6.45) is 4.61.